The van der Waals surface area contributed by atoms with E-state index in [-0.39, 0.29) is 6.61 Å². The second-order valence-corrected chi connectivity index (χ2v) is 4.40. The summed E-state index contributed by atoms with van der Waals surface area (Å²) in [7, 11) is -1.51. The fourth-order valence-electron chi connectivity index (χ4n) is 1.54. The van der Waals surface area contributed by atoms with Crippen LogP contribution in [0.15, 0.2) is 42.5 Å². The Bertz CT molecular complexity index is 560. The topological polar surface area (TPSA) is 49.7 Å². The van der Waals surface area contributed by atoms with Gasteiger partial charge in [-0.25, -0.2) is 4.39 Å². The summed E-state index contributed by atoms with van der Waals surface area (Å²) in [6.45, 7) is 0.0734. The van der Waals surface area contributed by atoms with Gasteiger partial charge in [0, 0.05) is 10.6 Å². The Morgan fingerprint density at radius 1 is 1.11 bits per heavy atom. The molecule has 2 aromatic rings. The minimum atomic E-state index is -1.51. The zero-order valence-electron chi connectivity index (χ0n) is 9.88. The molecule has 0 heterocycles. The van der Waals surface area contributed by atoms with Crippen LogP contribution in [-0.2, 0) is 6.61 Å². The maximum atomic E-state index is 13.5. The lowest BCUT2D eigenvalue weighted by Crippen LogP contribution is -2.29. The molecule has 0 aliphatic carbocycles. The Hall–Kier alpha value is -1.56. The molecule has 2 aromatic carbocycles. The molecule has 19 heavy (non-hydrogen) atoms. The molecule has 0 radical (unpaired) electrons. The highest BCUT2D eigenvalue weighted by Crippen LogP contribution is 2.17. The van der Waals surface area contributed by atoms with Crippen LogP contribution < -0.4 is 10.2 Å². The van der Waals surface area contributed by atoms with E-state index in [2.05, 4.69) is 0 Å². The van der Waals surface area contributed by atoms with Crippen LogP contribution in [0.3, 0.4) is 0 Å². The SMILES string of the molecule is OB(O)c1ccc(OCc2ccc(Cl)cc2F)cc1. The predicted molar refractivity (Wildman–Crippen MR) is 72.0 cm³/mol. The molecule has 0 aliphatic heterocycles. The molecule has 0 amide bonds. The number of hydrogen-bond donors (Lipinski definition) is 2. The molecule has 98 valence electrons. The number of rotatable bonds is 4. The van der Waals surface area contributed by atoms with Crippen molar-refractivity contribution < 1.29 is 19.2 Å². The highest BCUT2D eigenvalue weighted by molar-refractivity contribution is 6.58. The second kappa shape index (κ2) is 6.06. The molecule has 0 aliphatic rings. The lowest BCUT2D eigenvalue weighted by molar-refractivity contribution is 0.300. The van der Waals surface area contributed by atoms with Gasteiger partial charge < -0.3 is 14.8 Å². The van der Waals surface area contributed by atoms with Crippen LogP contribution in [0.5, 0.6) is 5.75 Å². The molecule has 0 atom stereocenters. The van der Waals surface area contributed by atoms with E-state index in [0.29, 0.717) is 21.8 Å². The van der Waals surface area contributed by atoms with E-state index in [1.54, 1.807) is 24.3 Å². The van der Waals surface area contributed by atoms with Crippen LogP contribution in [0.2, 0.25) is 5.02 Å². The van der Waals surface area contributed by atoms with Crippen molar-refractivity contribution in [2.45, 2.75) is 6.61 Å². The average Bonchev–Trinajstić information content (AvgIpc) is 2.38. The van der Waals surface area contributed by atoms with Gasteiger partial charge in [-0.05, 0) is 29.7 Å². The fraction of sp³-hybridized carbons (Fsp3) is 0.0769. The first kappa shape index (κ1) is 13.9. The van der Waals surface area contributed by atoms with Crippen LogP contribution in [0.25, 0.3) is 0 Å². The highest BCUT2D eigenvalue weighted by Gasteiger charge is 2.10. The van der Waals surface area contributed by atoms with E-state index in [4.69, 9.17) is 26.4 Å². The second-order valence-electron chi connectivity index (χ2n) is 3.97. The smallest absolute Gasteiger partial charge is 0.488 e. The van der Waals surface area contributed by atoms with Gasteiger partial charge in [0.1, 0.15) is 18.2 Å². The van der Waals surface area contributed by atoms with Gasteiger partial charge in [-0.2, -0.15) is 0 Å². The zero-order valence-corrected chi connectivity index (χ0v) is 10.6. The third-order valence-electron chi connectivity index (χ3n) is 2.59. The van der Waals surface area contributed by atoms with Gasteiger partial charge in [-0.1, -0.05) is 29.8 Å². The van der Waals surface area contributed by atoms with E-state index in [1.807, 2.05) is 0 Å². The van der Waals surface area contributed by atoms with Crippen molar-refractivity contribution in [3.63, 3.8) is 0 Å². The minimum absolute atomic E-state index is 0.0734. The van der Waals surface area contributed by atoms with E-state index >= 15 is 0 Å². The summed E-state index contributed by atoms with van der Waals surface area (Å²) in [5.41, 5.74) is 0.765. The molecule has 0 saturated carbocycles. The molecule has 6 heteroatoms. The molecule has 0 aromatic heterocycles. The fourth-order valence-corrected chi connectivity index (χ4v) is 1.69. The summed E-state index contributed by atoms with van der Waals surface area (Å²) in [5.74, 6) is 0.0913. The van der Waals surface area contributed by atoms with Crippen LogP contribution in [-0.4, -0.2) is 17.2 Å². The van der Waals surface area contributed by atoms with Crippen molar-refractivity contribution in [3.8, 4) is 5.75 Å². The number of halogens is 2. The third kappa shape index (κ3) is 3.70. The summed E-state index contributed by atoms with van der Waals surface area (Å²) in [6.07, 6.45) is 0. The molecule has 2 N–H and O–H groups in total. The Morgan fingerprint density at radius 2 is 1.79 bits per heavy atom. The molecule has 0 unspecified atom stereocenters. The van der Waals surface area contributed by atoms with Crippen molar-refractivity contribution in [2.75, 3.05) is 0 Å². The van der Waals surface area contributed by atoms with Gasteiger partial charge >= 0.3 is 7.12 Å². The Balaban J connectivity index is 2.02. The molecule has 0 bridgehead atoms. The quantitative estimate of drug-likeness (QED) is 0.839. The molecule has 0 saturated heterocycles. The standard InChI is InChI=1S/C13H11BClFO3/c15-11-4-1-9(13(16)7-11)8-19-12-5-2-10(3-6-12)14(17)18/h1-7,17-18H,8H2. The third-order valence-corrected chi connectivity index (χ3v) is 2.82. The van der Waals surface area contributed by atoms with Gasteiger partial charge in [-0.15, -0.1) is 0 Å². The average molecular weight is 280 g/mol. The highest BCUT2D eigenvalue weighted by atomic mass is 35.5. The lowest BCUT2D eigenvalue weighted by atomic mass is 9.80. The molecule has 0 fully saturated rings. The number of ether oxygens (including phenoxy) is 1. The first-order valence-corrected chi connectivity index (χ1v) is 5.97. The maximum absolute atomic E-state index is 13.5. The first-order valence-electron chi connectivity index (χ1n) is 5.59. The summed E-state index contributed by atoms with van der Waals surface area (Å²) >= 11 is 5.65. The van der Waals surface area contributed by atoms with Crippen LogP contribution in [0.4, 0.5) is 4.39 Å². The number of hydrogen-bond acceptors (Lipinski definition) is 3. The monoisotopic (exact) mass is 280 g/mol. The van der Waals surface area contributed by atoms with Gasteiger partial charge in [-0.3, -0.25) is 0 Å². The molecule has 2 rings (SSSR count). The largest absolute Gasteiger partial charge is 0.489 e. The van der Waals surface area contributed by atoms with Gasteiger partial charge in [0.25, 0.3) is 0 Å². The molecule has 3 nitrogen and oxygen atoms in total. The molecular formula is C13H11BClFO3. The zero-order chi connectivity index (χ0) is 13.8. The minimum Gasteiger partial charge on any atom is -0.489 e. The Kier molecular flexibility index (Phi) is 4.42. The van der Waals surface area contributed by atoms with Gasteiger partial charge in [0.2, 0.25) is 0 Å². The van der Waals surface area contributed by atoms with Crippen molar-refractivity contribution >= 4 is 24.2 Å². The number of benzene rings is 2. The van der Waals surface area contributed by atoms with Crippen molar-refractivity contribution in [3.05, 3.63) is 58.9 Å². The van der Waals surface area contributed by atoms with Crippen LogP contribution >= 0.6 is 11.6 Å². The predicted octanol–water partition coefficient (Wildman–Crippen LogP) is 1.74. The van der Waals surface area contributed by atoms with E-state index in [1.165, 1.54) is 18.2 Å². The first-order chi connectivity index (χ1) is 9.06. The van der Waals surface area contributed by atoms with E-state index < -0.39 is 12.9 Å². The van der Waals surface area contributed by atoms with Crippen molar-refractivity contribution in [1.82, 2.24) is 0 Å². The maximum Gasteiger partial charge on any atom is 0.488 e. The summed E-state index contributed by atoms with van der Waals surface area (Å²) < 4.78 is 18.9. The van der Waals surface area contributed by atoms with Gasteiger partial charge in [0.05, 0.1) is 0 Å². The van der Waals surface area contributed by atoms with Gasteiger partial charge in [0.15, 0.2) is 0 Å². The van der Waals surface area contributed by atoms with E-state index in [0.717, 1.165) is 0 Å². The summed E-state index contributed by atoms with van der Waals surface area (Å²) in [4.78, 5) is 0. The summed E-state index contributed by atoms with van der Waals surface area (Å²) in [5, 5.41) is 18.2. The molecule has 0 spiro atoms. The van der Waals surface area contributed by atoms with E-state index in [9.17, 15) is 4.39 Å². The van der Waals surface area contributed by atoms with Crippen LogP contribution in [0.1, 0.15) is 5.56 Å². The Labute approximate surface area is 115 Å². The van der Waals surface area contributed by atoms with Crippen molar-refractivity contribution in [1.29, 1.82) is 0 Å². The lowest BCUT2D eigenvalue weighted by Gasteiger charge is -2.08. The van der Waals surface area contributed by atoms with Crippen LogP contribution in [0, 0.1) is 5.82 Å². The molecular weight excluding hydrogens is 269 g/mol. The van der Waals surface area contributed by atoms with Crippen molar-refractivity contribution in [2.24, 2.45) is 0 Å². The summed E-state index contributed by atoms with van der Waals surface area (Å²) in [6, 6.07) is 10.6. The Morgan fingerprint density at radius 3 is 2.37 bits per heavy atom. The normalized spacial score (nSPS) is 10.3.